The minimum absolute atomic E-state index is 0.00182. The van der Waals surface area contributed by atoms with Gasteiger partial charge in [-0.25, -0.2) is 0 Å². The van der Waals surface area contributed by atoms with Crippen molar-refractivity contribution in [2.75, 3.05) is 26.7 Å². The molecule has 1 saturated carbocycles. The average molecular weight is 567 g/mol. The third kappa shape index (κ3) is 7.41. The van der Waals surface area contributed by atoms with Crippen LogP contribution in [0.2, 0.25) is 0 Å². The molecular weight excluding hydrogens is 520 g/mol. The molecule has 0 spiro atoms. The van der Waals surface area contributed by atoms with Crippen molar-refractivity contribution in [3.05, 3.63) is 0 Å². The molecule has 15 N–H and O–H groups in total. The van der Waals surface area contributed by atoms with Gasteiger partial charge in [0, 0.05) is 19.1 Å². The van der Waals surface area contributed by atoms with E-state index in [4.69, 9.17) is 41.9 Å². The number of carbonyl (C=O) groups excluding carboxylic acids is 1. The average Bonchev–Trinajstić information content (AvgIpc) is 2.89. The lowest BCUT2D eigenvalue weighted by Crippen LogP contribution is -2.69. The summed E-state index contributed by atoms with van der Waals surface area (Å²) in [6, 6.07) is -3.20. The second-order valence-corrected chi connectivity index (χ2v) is 10.9. The highest BCUT2D eigenvalue weighted by atomic mass is 16.7. The predicted octanol–water partition coefficient (Wildman–Crippen LogP) is -6.14. The molecule has 2 aliphatic heterocycles. The third-order valence-corrected chi connectivity index (χ3v) is 7.70. The van der Waals surface area contributed by atoms with Gasteiger partial charge in [0.05, 0.1) is 30.8 Å². The van der Waals surface area contributed by atoms with E-state index in [1.165, 1.54) is 6.92 Å². The number of aliphatic hydroxyl groups excluding tert-OH is 4. The number of aliphatic hydroxyl groups is 5. The first kappa shape index (κ1) is 32.4. The maximum absolute atomic E-state index is 12.7. The van der Waals surface area contributed by atoms with Gasteiger partial charge in [-0.15, -0.1) is 0 Å². The molecule has 0 aromatic heterocycles. The molecule has 16 heteroatoms. The molecule has 1 amide bonds. The Labute approximate surface area is 227 Å². The van der Waals surface area contributed by atoms with Gasteiger partial charge in [-0.05, 0) is 33.2 Å². The summed E-state index contributed by atoms with van der Waals surface area (Å²) in [5.74, 6) is -0.963. The molecule has 2 saturated heterocycles. The number of hydrogen-bond donors (Lipinski definition) is 11. The lowest BCUT2D eigenvalue weighted by molar-refractivity contribution is -0.307. The molecule has 0 radical (unpaired) electrons. The summed E-state index contributed by atoms with van der Waals surface area (Å²) in [6.45, 7) is 1.18. The van der Waals surface area contributed by atoms with E-state index in [1.54, 1.807) is 7.05 Å². The van der Waals surface area contributed by atoms with Crippen LogP contribution in [0.15, 0.2) is 0 Å². The van der Waals surface area contributed by atoms with Crippen LogP contribution in [0, 0.1) is 0 Å². The fourth-order valence-corrected chi connectivity index (χ4v) is 5.36. The Balaban J connectivity index is 1.83. The Morgan fingerprint density at radius 3 is 2.36 bits per heavy atom. The predicted molar refractivity (Wildman–Crippen MR) is 135 cm³/mol. The minimum atomic E-state index is -1.85. The van der Waals surface area contributed by atoms with Crippen LogP contribution < -0.4 is 33.6 Å². The highest BCUT2D eigenvalue weighted by Gasteiger charge is 2.52. The molecule has 0 aromatic rings. The molecule has 0 aromatic carbocycles. The molecule has 0 bridgehead atoms. The van der Waals surface area contributed by atoms with Gasteiger partial charge in [0.15, 0.2) is 18.7 Å². The van der Waals surface area contributed by atoms with E-state index in [9.17, 15) is 30.3 Å². The second-order valence-electron chi connectivity index (χ2n) is 10.9. The highest BCUT2D eigenvalue weighted by molar-refractivity contribution is 5.81. The topological polar surface area (TPSA) is 283 Å². The van der Waals surface area contributed by atoms with Crippen molar-refractivity contribution in [1.82, 2.24) is 10.6 Å². The third-order valence-electron chi connectivity index (χ3n) is 7.70. The van der Waals surface area contributed by atoms with Crippen molar-refractivity contribution in [2.45, 2.75) is 111 Å². The van der Waals surface area contributed by atoms with Gasteiger partial charge >= 0.3 is 0 Å². The van der Waals surface area contributed by atoms with E-state index in [0.717, 1.165) is 0 Å². The van der Waals surface area contributed by atoms with Crippen LogP contribution >= 0.6 is 0 Å². The quantitative estimate of drug-likeness (QED) is 0.117. The van der Waals surface area contributed by atoms with Crippen LogP contribution in [-0.2, 0) is 23.7 Å². The van der Waals surface area contributed by atoms with Crippen molar-refractivity contribution in [3.8, 4) is 0 Å². The van der Waals surface area contributed by atoms with Crippen LogP contribution in [0.25, 0.3) is 0 Å². The van der Waals surface area contributed by atoms with Crippen molar-refractivity contribution >= 4 is 5.91 Å². The molecule has 3 rings (SSSR count). The van der Waals surface area contributed by atoms with Gasteiger partial charge < -0.3 is 78.0 Å². The number of likely N-dealkylation sites (N-methyl/N-ethyl adjacent to an activating group) is 1. The Hall–Kier alpha value is -1.09. The number of carbonyl (C=O) groups is 1. The summed E-state index contributed by atoms with van der Waals surface area (Å²) in [4.78, 5) is 12.7. The zero-order chi connectivity index (χ0) is 29.1. The normalized spacial score (nSPS) is 44.9. The number of nitrogens with one attached hydrogen (secondary N) is 2. The summed E-state index contributed by atoms with van der Waals surface area (Å²) in [7, 11) is 1.55. The summed E-state index contributed by atoms with van der Waals surface area (Å²) >= 11 is 0. The fourth-order valence-electron chi connectivity index (χ4n) is 5.36. The molecule has 39 heavy (non-hydrogen) atoms. The largest absolute Gasteiger partial charge is 0.389 e. The summed E-state index contributed by atoms with van der Waals surface area (Å²) < 4.78 is 23.5. The Kier molecular flexibility index (Phi) is 11.4. The maximum Gasteiger partial charge on any atom is 0.251 e. The number of rotatable bonds is 10. The molecular formula is C23H46N6O10. The standard InChI is InChI=1S/C23H46N6O10/c1-23(35)8-36-22(16(33)19(23)28-2)39-18-12(29-20(34)14(31)13(30)7-25)5-11(27)17(15(18)32)38-21-10(26)4-3-9(6-24)37-21/h9-19,21-22,28,30-33,35H,3-8,24-27H2,1-2H3,(H,29,34)/t9-,10+,11-,12+,13?,14?,15-,16+,17+,18-,19+,21+,22+,23-/m0/s1. The molecule has 2 unspecified atom stereocenters. The van der Waals surface area contributed by atoms with Gasteiger partial charge in [0.2, 0.25) is 0 Å². The lowest BCUT2D eigenvalue weighted by atomic mass is 9.83. The first-order chi connectivity index (χ1) is 18.3. The Bertz CT molecular complexity index is 798. The lowest BCUT2D eigenvalue weighted by Gasteiger charge is -2.49. The molecule has 3 fully saturated rings. The number of nitrogens with two attached hydrogens (primary N) is 4. The highest BCUT2D eigenvalue weighted by Crippen LogP contribution is 2.32. The first-order valence-electron chi connectivity index (χ1n) is 13.3. The zero-order valence-electron chi connectivity index (χ0n) is 22.3. The Morgan fingerprint density at radius 2 is 1.74 bits per heavy atom. The van der Waals surface area contributed by atoms with E-state index in [0.29, 0.717) is 12.8 Å². The van der Waals surface area contributed by atoms with Crippen LogP contribution in [0.3, 0.4) is 0 Å². The van der Waals surface area contributed by atoms with Crippen LogP contribution in [0.4, 0.5) is 0 Å². The first-order valence-corrected chi connectivity index (χ1v) is 13.3. The molecule has 2 heterocycles. The smallest absolute Gasteiger partial charge is 0.251 e. The van der Waals surface area contributed by atoms with E-state index in [-0.39, 0.29) is 32.2 Å². The SMILES string of the molecule is CN[C@@H]1[C@@H](O)[C@@H](O[C@@H]2[C@@H](O)[C@H](O[C@H]3O[C@H](CN)CC[C@H]3N)[C@@H](N)C[C@H]2NC(=O)C(O)C(O)CN)OC[C@]1(C)O. The van der Waals surface area contributed by atoms with Gasteiger partial charge in [-0.2, -0.15) is 0 Å². The van der Waals surface area contributed by atoms with Crippen LogP contribution in [0.5, 0.6) is 0 Å². The second kappa shape index (κ2) is 13.7. The van der Waals surface area contributed by atoms with Gasteiger partial charge in [-0.1, -0.05) is 0 Å². The summed E-state index contributed by atoms with van der Waals surface area (Å²) in [5, 5.41) is 58.2. The van der Waals surface area contributed by atoms with Gasteiger partial charge in [-0.3, -0.25) is 4.79 Å². The molecule has 1 aliphatic carbocycles. The van der Waals surface area contributed by atoms with E-state index in [2.05, 4.69) is 10.6 Å². The molecule has 14 atom stereocenters. The molecule has 16 nitrogen and oxygen atoms in total. The van der Waals surface area contributed by atoms with Crippen LogP contribution in [-0.4, -0.2) is 143 Å². The number of ether oxygens (including phenoxy) is 4. The maximum atomic E-state index is 12.7. The zero-order valence-corrected chi connectivity index (χ0v) is 22.3. The van der Waals surface area contributed by atoms with Crippen molar-refractivity contribution in [1.29, 1.82) is 0 Å². The number of hydrogen-bond acceptors (Lipinski definition) is 15. The number of amides is 1. The molecule has 3 aliphatic rings. The minimum Gasteiger partial charge on any atom is -0.389 e. The van der Waals surface area contributed by atoms with E-state index >= 15 is 0 Å². The Morgan fingerprint density at radius 1 is 1.08 bits per heavy atom. The van der Waals surface area contributed by atoms with Gasteiger partial charge in [0.1, 0.15) is 36.1 Å². The van der Waals surface area contributed by atoms with Crippen molar-refractivity contribution in [3.63, 3.8) is 0 Å². The van der Waals surface area contributed by atoms with Crippen molar-refractivity contribution < 1.29 is 49.3 Å². The summed E-state index contributed by atoms with van der Waals surface area (Å²) in [6.07, 6.45) is -9.86. The van der Waals surface area contributed by atoms with E-state index in [1.807, 2.05) is 0 Å². The van der Waals surface area contributed by atoms with Crippen molar-refractivity contribution in [2.24, 2.45) is 22.9 Å². The molecule has 228 valence electrons. The summed E-state index contributed by atoms with van der Waals surface area (Å²) in [5.41, 5.74) is 22.2. The fraction of sp³-hybridized carbons (Fsp3) is 0.957. The van der Waals surface area contributed by atoms with Crippen LogP contribution in [0.1, 0.15) is 26.2 Å². The van der Waals surface area contributed by atoms with Gasteiger partial charge in [0.25, 0.3) is 5.91 Å². The van der Waals surface area contributed by atoms with E-state index < -0.39 is 84.9 Å². The monoisotopic (exact) mass is 566 g/mol.